The average Bonchev–Trinajstić information content (AvgIpc) is 3.22. The molecule has 0 aliphatic heterocycles. The van der Waals surface area contributed by atoms with Gasteiger partial charge in [0.1, 0.15) is 0 Å². The third-order valence-corrected chi connectivity index (χ3v) is 4.98. The van der Waals surface area contributed by atoms with Gasteiger partial charge in [0.05, 0.1) is 12.3 Å². The van der Waals surface area contributed by atoms with Crippen molar-refractivity contribution in [3.63, 3.8) is 0 Å². The quantitative estimate of drug-likeness (QED) is 0.794. The highest BCUT2D eigenvalue weighted by molar-refractivity contribution is 5.91. The minimum absolute atomic E-state index is 0.0378. The fourth-order valence-corrected chi connectivity index (χ4v) is 3.63. The van der Waals surface area contributed by atoms with Crippen LogP contribution in [-0.2, 0) is 4.79 Å². The number of rotatable bonds is 7. The normalized spacial score (nSPS) is 16.0. The number of benzene rings is 1. The van der Waals surface area contributed by atoms with Crippen molar-refractivity contribution in [2.45, 2.75) is 44.6 Å². The van der Waals surface area contributed by atoms with Gasteiger partial charge in [-0.05, 0) is 36.5 Å². The maximum atomic E-state index is 12.5. The smallest absolute Gasteiger partial charge is 0.286 e. The fourth-order valence-electron chi connectivity index (χ4n) is 3.63. The summed E-state index contributed by atoms with van der Waals surface area (Å²) in [7, 11) is 0. The first-order valence-electron chi connectivity index (χ1n) is 9.40. The summed E-state index contributed by atoms with van der Waals surface area (Å²) in [5, 5.41) is 5.91. The van der Waals surface area contributed by atoms with Crippen molar-refractivity contribution >= 4 is 11.8 Å². The van der Waals surface area contributed by atoms with Crippen LogP contribution in [0.2, 0.25) is 0 Å². The first-order chi connectivity index (χ1) is 12.7. The van der Waals surface area contributed by atoms with E-state index in [2.05, 4.69) is 22.8 Å². The van der Waals surface area contributed by atoms with Crippen LogP contribution in [0.15, 0.2) is 53.1 Å². The summed E-state index contributed by atoms with van der Waals surface area (Å²) in [6, 6.07) is 13.5. The van der Waals surface area contributed by atoms with E-state index in [-0.39, 0.29) is 36.6 Å². The van der Waals surface area contributed by atoms with E-state index in [1.165, 1.54) is 25.5 Å². The third kappa shape index (κ3) is 4.97. The standard InChI is InChI=1S/C21H26N2O3/c24-19(13-14-22-21(25)18-12-7-15-26-18)23-20(16-8-3-1-4-9-16)17-10-5-2-6-11-17/h1,3-4,7-9,12,15,17,20H,2,5-6,10-11,13-14H2,(H,22,25)(H,23,24). The van der Waals surface area contributed by atoms with Crippen molar-refractivity contribution in [1.82, 2.24) is 10.6 Å². The highest BCUT2D eigenvalue weighted by atomic mass is 16.3. The van der Waals surface area contributed by atoms with Crippen LogP contribution in [-0.4, -0.2) is 18.4 Å². The Labute approximate surface area is 154 Å². The molecule has 0 radical (unpaired) electrons. The SMILES string of the molecule is O=C(CCNC(=O)c1ccco1)NC(c1ccccc1)C1CCCCC1. The molecular formula is C21H26N2O3. The molecule has 2 aromatic rings. The van der Waals surface area contributed by atoms with Crippen molar-refractivity contribution in [3.8, 4) is 0 Å². The molecule has 1 heterocycles. The van der Waals surface area contributed by atoms with Gasteiger partial charge in [0.15, 0.2) is 5.76 Å². The zero-order valence-corrected chi connectivity index (χ0v) is 14.9. The number of nitrogens with one attached hydrogen (secondary N) is 2. The van der Waals surface area contributed by atoms with Crippen molar-refractivity contribution < 1.29 is 14.0 Å². The van der Waals surface area contributed by atoms with Gasteiger partial charge in [0.2, 0.25) is 5.91 Å². The number of carbonyl (C=O) groups excluding carboxylic acids is 2. The summed E-state index contributed by atoms with van der Waals surface area (Å²) in [4.78, 5) is 24.3. The van der Waals surface area contributed by atoms with E-state index in [9.17, 15) is 9.59 Å². The Kier molecular flexibility index (Phi) is 6.47. The molecule has 0 spiro atoms. The lowest BCUT2D eigenvalue weighted by Crippen LogP contribution is -2.36. The lowest BCUT2D eigenvalue weighted by Gasteiger charge is -2.31. The molecule has 1 unspecified atom stereocenters. The van der Waals surface area contributed by atoms with E-state index in [0.29, 0.717) is 5.92 Å². The minimum atomic E-state index is -0.297. The second kappa shape index (κ2) is 9.22. The van der Waals surface area contributed by atoms with E-state index in [0.717, 1.165) is 18.4 Å². The number of furan rings is 1. The lowest BCUT2D eigenvalue weighted by molar-refractivity contribution is -0.122. The molecule has 5 heteroatoms. The summed E-state index contributed by atoms with van der Waals surface area (Å²) in [5.74, 6) is 0.404. The fraction of sp³-hybridized carbons (Fsp3) is 0.429. The number of hydrogen-bond acceptors (Lipinski definition) is 3. The van der Waals surface area contributed by atoms with Gasteiger partial charge < -0.3 is 15.1 Å². The zero-order valence-electron chi connectivity index (χ0n) is 14.9. The Balaban J connectivity index is 1.54. The van der Waals surface area contributed by atoms with Gasteiger partial charge in [-0.25, -0.2) is 0 Å². The Bertz CT molecular complexity index is 691. The van der Waals surface area contributed by atoms with Gasteiger partial charge in [0, 0.05) is 13.0 Å². The van der Waals surface area contributed by atoms with Crippen LogP contribution in [0.4, 0.5) is 0 Å². The second-order valence-corrected chi connectivity index (χ2v) is 6.84. The van der Waals surface area contributed by atoms with Crippen molar-refractivity contribution in [2.75, 3.05) is 6.54 Å². The predicted molar refractivity (Wildman–Crippen MR) is 99.6 cm³/mol. The molecule has 1 saturated carbocycles. The van der Waals surface area contributed by atoms with Gasteiger partial charge in [-0.3, -0.25) is 9.59 Å². The van der Waals surface area contributed by atoms with Crippen molar-refractivity contribution in [2.24, 2.45) is 5.92 Å². The maximum absolute atomic E-state index is 12.5. The second-order valence-electron chi connectivity index (χ2n) is 6.84. The van der Waals surface area contributed by atoms with Gasteiger partial charge >= 0.3 is 0 Å². The van der Waals surface area contributed by atoms with Crippen molar-refractivity contribution in [3.05, 3.63) is 60.1 Å². The Morgan fingerprint density at radius 2 is 1.81 bits per heavy atom. The molecule has 0 saturated heterocycles. The summed E-state index contributed by atoms with van der Waals surface area (Å²) < 4.78 is 5.04. The molecule has 3 rings (SSSR count). The molecule has 2 amide bonds. The van der Waals surface area contributed by atoms with Gasteiger partial charge in [0.25, 0.3) is 5.91 Å². The molecule has 1 aliphatic rings. The van der Waals surface area contributed by atoms with Crippen LogP contribution < -0.4 is 10.6 Å². The van der Waals surface area contributed by atoms with E-state index in [1.54, 1.807) is 12.1 Å². The van der Waals surface area contributed by atoms with Crippen molar-refractivity contribution in [1.29, 1.82) is 0 Å². The van der Waals surface area contributed by atoms with Crippen LogP contribution in [0.5, 0.6) is 0 Å². The molecule has 1 atom stereocenters. The zero-order chi connectivity index (χ0) is 18.2. The van der Waals surface area contributed by atoms with Crippen LogP contribution in [0.1, 0.15) is 60.7 Å². The van der Waals surface area contributed by atoms with Crippen LogP contribution >= 0.6 is 0 Å². The Hall–Kier alpha value is -2.56. The van der Waals surface area contributed by atoms with Gasteiger partial charge in [-0.15, -0.1) is 0 Å². The number of amides is 2. The Morgan fingerprint density at radius 1 is 1.04 bits per heavy atom. The van der Waals surface area contributed by atoms with E-state index >= 15 is 0 Å². The molecule has 1 aliphatic carbocycles. The number of carbonyl (C=O) groups is 2. The van der Waals surface area contributed by atoms with Crippen LogP contribution in [0.25, 0.3) is 0 Å². The summed E-state index contributed by atoms with van der Waals surface area (Å²) in [6.45, 7) is 0.289. The van der Waals surface area contributed by atoms with E-state index in [4.69, 9.17) is 4.42 Å². The first kappa shape index (κ1) is 18.2. The summed E-state index contributed by atoms with van der Waals surface area (Å²) >= 11 is 0. The average molecular weight is 354 g/mol. The van der Waals surface area contributed by atoms with E-state index < -0.39 is 0 Å². The highest BCUT2D eigenvalue weighted by Gasteiger charge is 2.26. The molecule has 138 valence electrons. The highest BCUT2D eigenvalue weighted by Crippen LogP contribution is 2.34. The monoisotopic (exact) mass is 354 g/mol. The molecule has 1 aromatic heterocycles. The van der Waals surface area contributed by atoms with Crippen LogP contribution in [0, 0.1) is 5.92 Å². The topological polar surface area (TPSA) is 71.3 Å². The lowest BCUT2D eigenvalue weighted by atomic mass is 9.81. The molecule has 0 bridgehead atoms. The predicted octanol–water partition coefficient (Wildman–Crippen LogP) is 3.84. The van der Waals surface area contributed by atoms with Crippen LogP contribution in [0.3, 0.4) is 0 Å². The molecule has 1 fully saturated rings. The summed E-state index contributed by atoms with van der Waals surface area (Å²) in [5.41, 5.74) is 1.16. The third-order valence-electron chi connectivity index (χ3n) is 4.98. The number of hydrogen-bond donors (Lipinski definition) is 2. The minimum Gasteiger partial charge on any atom is -0.459 e. The Morgan fingerprint density at radius 3 is 2.50 bits per heavy atom. The molecule has 26 heavy (non-hydrogen) atoms. The first-order valence-corrected chi connectivity index (χ1v) is 9.40. The van der Waals surface area contributed by atoms with Gasteiger partial charge in [-0.1, -0.05) is 49.6 Å². The molecule has 2 N–H and O–H groups in total. The van der Waals surface area contributed by atoms with E-state index in [1.807, 2.05) is 18.2 Å². The maximum Gasteiger partial charge on any atom is 0.286 e. The largest absolute Gasteiger partial charge is 0.459 e. The molecular weight excluding hydrogens is 328 g/mol. The van der Waals surface area contributed by atoms with Gasteiger partial charge in [-0.2, -0.15) is 0 Å². The molecule has 1 aromatic carbocycles. The summed E-state index contributed by atoms with van der Waals surface area (Å²) in [6.07, 6.45) is 7.74. The molecule has 5 nitrogen and oxygen atoms in total.